The molecule has 1 aromatic carbocycles. The molecule has 1 aromatic rings. The zero-order valence-corrected chi connectivity index (χ0v) is 11.4. The molecule has 100 valence electrons. The van der Waals surface area contributed by atoms with E-state index in [1.54, 1.807) is 30.0 Å². The van der Waals surface area contributed by atoms with Gasteiger partial charge in [0.15, 0.2) is 0 Å². The van der Waals surface area contributed by atoms with E-state index in [-0.39, 0.29) is 12.5 Å². The summed E-state index contributed by atoms with van der Waals surface area (Å²) in [5, 5.41) is 8.78. The van der Waals surface area contributed by atoms with E-state index in [2.05, 4.69) is 5.92 Å². The lowest BCUT2D eigenvalue weighted by atomic mass is 10.1. The largest absolute Gasteiger partial charge is 0.480 e. The van der Waals surface area contributed by atoms with E-state index in [9.17, 15) is 9.59 Å². The Morgan fingerprint density at radius 2 is 2.21 bits per heavy atom. The second kappa shape index (κ2) is 7.49. The number of benzene rings is 1. The average Bonchev–Trinajstić information content (AvgIpc) is 2.37. The Hall–Kier alpha value is -1.93. The molecule has 0 fully saturated rings. The smallest absolute Gasteiger partial charge is 0.323 e. The minimum atomic E-state index is -1.08. The van der Waals surface area contributed by atoms with Crippen LogP contribution in [0.25, 0.3) is 0 Å². The Labute approximate surface area is 116 Å². The summed E-state index contributed by atoms with van der Waals surface area (Å²) in [6, 6.07) is 7.14. The van der Waals surface area contributed by atoms with Gasteiger partial charge in [-0.15, -0.1) is 6.42 Å². The zero-order valence-electron chi connectivity index (χ0n) is 10.6. The summed E-state index contributed by atoms with van der Waals surface area (Å²) >= 11 is 1.65. The summed E-state index contributed by atoms with van der Waals surface area (Å²) in [5.74, 6) is 1.66. The lowest BCUT2D eigenvalue weighted by Gasteiger charge is -2.18. The molecule has 0 saturated heterocycles. The minimum absolute atomic E-state index is 0.0160. The van der Waals surface area contributed by atoms with Crippen molar-refractivity contribution in [2.24, 2.45) is 0 Å². The van der Waals surface area contributed by atoms with E-state index in [0.717, 1.165) is 16.2 Å². The number of nitrogens with zero attached hydrogens (tertiary/aromatic N) is 1. The molecule has 4 nitrogen and oxygen atoms in total. The van der Waals surface area contributed by atoms with E-state index in [0.29, 0.717) is 5.56 Å². The van der Waals surface area contributed by atoms with Gasteiger partial charge in [0.1, 0.15) is 6.54 Å². The van der Waals surface area contributed by atoms with Gasteiger partial charge in [-0.3, -0.25) is 9.59 Å². The van der Waals surface area contributed by atoms with Crippen molar-refractivity contribution < 1.29 is 14.7 Å². The quantitative estimate of drug-likeness (QED) is 0.804. The Bertz CT molecular complexity index is 508. The van der Waals surface area contributed by atoms with E-state index < -0.39 is 12.5 Å². The number of carboxylic acid groups (broad SMARTS) is 1. The minimum Gasteiger partial charge on any atom is -0.480 e. The maximum Gasteiger partial charge on any atom is 0.323 e. The third-order valence-electron chi connectivity index (χ3n) is 2.38. The number of amides is 1. The molecule has 1 amide bonds. The van der Waals surface area contributed by atoms with Crippen molar-refractivity contribution in [3.8, 4) is 12.3 Å². The molecule has 0 heterocycles. The van der Waals surface area contributed by atoms with Crippen molar-refractivity contribution in [1.82, 2.24) is 4.90 Å². The van der Waals surface area contributed by atoms with Crippen LogP contribution in [0.5, 0.6) is 0 Å². The molecule has 0 atom stereocenters. The molecule has 19 heavy (non-hydrogen) atoms. The fraction of sp³-hybridized carbons (Fsp3) is 0.286. The number of hydrogen-bond donors (Lipinski definition) is 1. The lowest BCUT2D eigenvalue weighted by Crippen LogP contribution is -2.36. The van der Waals surface area contributed by atoms with Crippen LogP contribution in [0.15, 0.2) is 24.3 Å². The molecule has 0 unspecified atom stereocenters. The van der Waals surface area contributed by atoms with Crippen LogP contribution in [0.3, 0.4) is 0 Å². The molecule has 0 saturated carbocycles. The second-order valence-corrected chi connectivity index (χ2v) is 4.76. The van der Waals surface area contributed by atoms with E-state index in [4.69, 9.17) is 11.5 Å². The van der Waals surface area contributed by atoms with Crippen LogP contribution in [-0.4, -0.2) is 41.2 Å². The highest BCUT2D eigenvalue weighted by Crippen LogP contribution is 2.13. The number of terminal acetylenes is 1. The van der Waals surface area contributed by atoms with Crippen LogP contribution in [0.1, 0.15) is 15.9 Å². The number of rotatable bonds is 6. The first-order valence-electron chi connectivity index (χ1n) is 5.61. The number of carbonyl (C=O) groups excluding carboxylic acids is 1. The van der Waals surface area contributed by atoms with Crippen molar-refractivity contribution >= 4 is 23.6 Å². The van der Waals surface area contributed by atoms with Crippen molar-refractivity contribution in [3.05, 3.63) is 35.4 Å². The van der Waals surface area contributed by atoms with Crippen LogP contribution in [0, 0.1) is 12.3 Å². The van der Waals surface area contributed by atoms with E-state index in [1.165, 1.54) is 0 Å². The molecular weight excluding hydrogens is 262 g/mol. The van der Waals surface area contributed by atoms with Gasteiger partial charge in [-0.1, -0.05) is 18.1 Å². The molecule has 0 aromatic heterocycles. The topological polar surface area (TPSA) is 57.6 Å². The van der Waals surface area contributed by atoms with Gasteiger partial charge >= 0.3 is 5.97 Å². The van der Waals surface area contributed by atoms with Crippen LogP contribution in [-0.2, 0) is 10.5 Å². The van der Waals surface area contributed by atoms with Gasteiger partial charge < -0.3 is 10.0 Å². The molecule has 1 N–H and O–H groups in total. The third kappa shape index (κ3) is 4.68. The molecule has 5 heteroatoms. The predicted molar refractivity (Wildman–Crippen MR) is 76.0 cm³/mol. The van der Waals surface area contributed by atoms with Crippen molar-refractivity contribution in [2.45, 2.75) is 5.75 Å². The summed E-state index contributed by atoms with van der Waals surface area (Å²) in [5.41, 5.74) is 1.48. The molecule has 0 aliphatic heterocycles. The van der Waals surface area contributed by atoms with Crippen molar-refractivity contribution in [1.29, 1.82) is 0 Å². The Balaban J connectivity index is 2.92. The lowest BCUT2D eigenvalue weighted by molar-refractivity contribution is -0.137. The van der Waals surface area contributed by atoms with Crippen LogP contribution in [0.4, 0.5) is 0 Å². The first-order valence-corrected chi connectivity index (χ1v) is 7.00. The van der Waals surface area contributed by atoms with Gasteiger partial charge in [0, 0.05) is 11.3 Å². The highest BCUT2D eigenvalue weighted by Gasteiger charge is 2.17. The summed E-state index contributed by atoms with van der Waals surface area (Å²) in [6.07, 6.45) is 7.13. The molecular formula is C14H15NO3S. The summed E-state index contributed by atoms with van der Waals surface area (Å²) in [7, 11) is 0. The Morgan fingerprint density at radius 3 is 2.79 bits per heavy atom. The predicted octanol–water partition coefficient (Wildman–Crippen LogP) is 1.71. The van der Waals surface area contributed by atoms with E-state index in [1.807, 2.05) is 12.3 Å². The number of aliphatic carboxylic acids is 1. The molecule has 0 bridgehead atoms. The molecule has 0 spiro atoms. The fourth-order valence-corrected chi connectivity index (χ4v) is 2.13. The fourth-order valence-electron chi connectivity index (χ4n) is 1.62. The van der Waals surface area contributed by atoms with Gasteiger partial charge in [0.05, 0.1) is 6.54 Å². The maximum atomic E-state index is 12.2. The number of carbonyl (C=O) groups is 2. The Kier molecular flexibility index (Phi) is 5.97. The third-order valence-corrected chi connectivity index (χ3v) is 3.00. The van der Waals surface area contributed by atoms with Gasteiger partial charge in [-0.05, 0) is 24.0 Å². The first-order chi connectivity index (χ1) is 9.08. The monoisotopic (exact) mass is 277 g/mol. The molecule has 1 rings (SSSR count). The first kappa shape index (κ1) is 15.1. The van der Waals surface area contributed by atoms with Crippen molar-refractivity contribution in [3.63, 3.8) is 0 Å². The molecule has 0 radical (unpaired) electrons. The van der Waals surface area contributed by atoms with E-state index >= 15 is 0 Å². The number of thioether (sulfide) groups is 1. The zero-order chi connectivity index (χ0) is 14.3. The second-order valence-electron chi connectivity index (χ2n) is 3.89. The van der Waals surface area contributed by atoms with Crippen LogP contribution >= 0.6 is 11.8 Å². The highest BCUT2D eigenvalue weighted by atomic mass is 32.2. The maximum absolute atomic E-state index is 12.2. The molecule has 0 aliphatic rings. The number of carboxylic acids is 1. The SMILES string of the molecule is C#CCN(CC(=O)O)C(=O)c1cccc(CSC)c1. The summed E-state index contributed by atoms with van der Waals surface area (Å²) in [4.78, 5) is 24.1. The summed E-state index contributed by atoms with van der Waals surface area (Å²) in [6.45, 7) is -0.409. The average molecular weight is 277 g/mol. The highest BCUT2D eigenvalue weighted by molar-refractivity contribution is 7.97. The molecule has 0 aliphatic carbocycles. The van der Waals surface area contributed by atoms with Gasteiger partial charge in [-0.2, -0.15) is 11.8 Å². The van der Waals surface area contributed by atoms with Gasteiger partial charge in [-0.25, -0.2) is 0 Å². The van der Waals surface area contributed by atoms with Crippen LogP contribution in [0.2, 0.25) is 0 Å². The van der Waals surface area contributed by atoms with Crippen molar-refractivity contribution in [2.75, 3.05) is 19.3 Å². The number of hydrogen-bond acceptors (Lipinski definition) is 3. The summed E-state index contributed by atoms with van der Waals surface area (Å²) < 4.78 is 0. The van der Waals surface area contributed by atoms with Gasteiger partial charge in [0.2, 0.25) is 0 Å². The van der Waals surface area contributed by atoms with Gasteiger partial charge in [0.25, 0.3) is 5.91 Å². The standard InChI is InChI=1S/C14H15NO3S/c1-3-7-15(9-13(16)17)14(18)12-6-4-5-11(8-12)10-19-2/h1,4-6,8H,7,9-10H2,2H3,(H,16,17). The van der Waals surface area contributed by atoms with Crippen LogP contribution < -0.4 is 0 Å². The Morgan fingerprint density at radius 1 is 1.47 bits per heavy atom. The normalized spacial score (nSPS) is 9.68.